The molecule has 10 heteroatoms. The highest BCUT2D eigenvalue weighted by Crippen LogP contribution is 2.29. The third-order valence-corrected chi connectivity index (χ3v) is 7.65. The van der Waals surface area contributed by atoms with E-state index >= 15 is 0 Å². The zero-order chi connectivity index (χ0) is 24.1. The fraction of sp³-hybridized carbons (Fsp3) is 0.125. The molecular weight excluding hydrogens is 472 g/mol. The number of sulfonamides is 1. The van der Waals surface area contributed by atoms with E-state index in [0.717, 1.165) is 11.1 Å². The third kappa shape index (κ3) is 5.14. The summed E-state index contributed by atoms with van der Waals surface area (Å²) in [5, 5.41) is 4.97. The van der Waals surface area contributed by atoms with Gasteiger partial charge in [0.2, 0.25) is 10.0 Å². The molecule has 0 atom stereocenters. The van der Waals surface area contributed by atoms with E-state index in [1.807, 2.05) is 47.8 Å². The van der Waals surface area contributed by atoms with E-state index in [2.05, 4.69) is 15.3 Å². The van der Waals surface area contributed by atoms with Crippen LogP contribution in [0.1, 0.15) is 15.9 Å². The Morgan fingerprint density at radius 2 is 1.82 bits per heavy atom. The molecule has 34 heavy (non-hydrogen) atoms. The van der Waals surface area contributed by atoms with Crippen LogP contribution in [0.3, 0.4) is 0 Å². The van der Waals surface area contributed by atoms with Crippen molar-refractivity contribution in [2.75, 3.05) is 19.5 Å². The molecule has 2 aromatic carbocycles. The summed E-state index contributed by atoms with van der Waals surface area (Å²) in [6.07, 6.45) is 3.34. The number of aromatic nitrogens is 2. The van der Waals surface area contributed by atoms with E-state index in [9.17, 15) is 13.2 Å². The van der Waals surface area contributed by atoms with Crippen molar-refractivity contribution in [3.8, 4) is 17.0 Å². The second-order valence-corrected chi connectivity index (χ2v) is 10.2. The number of hydrogen-bond acceptors (Lipinski definition) is 7. The average molecular weight is 495 g/mol. The largest absolute Gasteiger partial charge is 0.495 e. The van der Waals surface area contributed by atoms with E-state index in [4.69, 9.17) is 4.74 Å². The number of nitrogens with zero attached hydrogens (tertiary/aromatic N) is 3. The highest BCUT2D eigenvalue weighted by Gasteiger charge is 2.26. The summed E-state index contributed by atoms with van der Waals surface area (Å²) < 4.78 is 33.1. The Kier molecular flexibility index (Phi) is 7.01. The molecule has 0 radical (unpaired) electrons. The topological polar surface area (TPSA) is 101 Å². The number of hydrogen-bond donors (Lipinski definition) is 1. The van der Waals surface area contributed by atoms with Crippen molar-refractivity contribution in [1.82, 2.24) is 14.3 Å². The van der Waals surface area contributed by atoms with Gasteiger partial charge >= 0.3 is 0 Å². The zero-order valence-corrected chi connectivity index (χ0v) is 20.1. The lowest BCUT2D eigenvalue weighted by molar-refractivity contribution is 0.102. The SMILES string of the molecule is COc1ccc(C(=O)Nc2nc(-c3ccncc3)cs2)cc1S(=O)(=O)N(C)Cc1ccccc1. The molecule has 0 saturated carbocycles. The van der Waals surface area contributed by atoms with Crippen molar-refractivity contribution < 1.29 is 17.9 Å². The van der Waals surface area contributed by atoms with Crippen molar-refractivity contribution in [2.24, 2.45) is 0 Å². The maximum Gasteiger partial charge on any atom is 0.257 e. The Hall–Kier alpha value is -3.60. The van der Waals surface area contributed by atoms with E-state index < -0.39 is 15.9 Å². The molecule has 0 aliphatic carbocycles. The first-order valence-corrected chi connectivity index (χ1v) is 12.6. The highest BCUT2D eigenvalue weighted by molar-refractivity contribution is 7.89. The number of ether oxygens (including phenoxy) is 1. The summed E-state index contributed by atoms with van der Waals surface area (Å²) in [6, 6.07) is 17.2. The molecule has 0 fully saturated rings. The number of methoxy groups -OCH3 is 1. The monoisotopic (exact) mass is 494 g/mol. The molecule has 174 valence electrons. The number of carbonyl (C=O) groups is 1. The second-order valence-electron chi connectivity index (χ2n) is 7.34. The molecular formula is C24H22N4O4S2. The number of pyridine rings is 1. The predicted octanol–water partition coefficient (Wildman–Crippen LogP) is 4.29. The van der Waals surface area contributed by atoms with Gasteiger partial charge in [-0.15, -0.1) is 11.3 Å². The first-order chi connectivity index (χ1) is 16.4. The lowest BCUT2D eigenvalue weighted by Gasteiger charge is -2.19. The van der Waals surface area contributed by atoms with Crippen LogP contribution in [-0.4, -0.2) is 42.8 Å². The second kappa shape index (κ2) is 10.1. The molecule has 0 saturated heterocycles. The summed E-state index contributed by atoms with van der Waals surface area (Å²) in [7, 11) is -1.05. The van der Waals surface area contributed by atoms with Crippen molar-refractivity contribution in [3.05, 3.63) is 89.6 Å². The first kappa shape index (κ1) is 23.6. The number of carbonyl (C=O) groups excluding carboxylic acids is 1. The minimum absolute atomic E-state index is 0.0855. The van der Waals surface area contributed by atoms with Crippen LogP contribution in [0.2, 0.25) is 0 Å². The quantitative estimate of drug-likeness (QED) is 0.392. The maximum atomic E-state index is 13.3. The van der Waals surface area contributed by atoms with Gasteiger partial charge in [-0.2, -0.15) is 4.31 Å². The molecule has 0 bridgehead atoms. The minimum atomic E-state index is -3.93. The van der Waals surface area contributed by atoms with Crippen LogP contribution in [0.25, 0.3) is 11.3 Å². The van der Waals surface area contributed by atoms with Crippen molar-refractivity contribution in [1.29, 1.82) is 0 Å². The number of rotatable bonds is 8. The van der Waals surface area contributed by atoms with Gasteiger partial charge in [0.25, 0.3) is 5.91 Å². The molecule has 1 N–H and O–H groups in total. The van der Waals surface area contributed by atoms with Gasteiger partial charge in [0.05, 0.1) is 12.8 Å². The molecule has 2 heterocycles. The maximum absolute atomic E-state index is 13.3. The fourth-order valence-electron chi connectivity index (χ4n) is 3.27. The van der Waals surface area contributed by atoms with Gasteiger partial charge in [0.15, 0.2) is 5.13 Å². The van der Waals surface area contributed by atoms with Gasteiger partial charge in [-0.25, -0.2) is 13.4 Å². The average Bonchev–Trinajstić information content (AvgIpc) is 3.33. The molecule has 4 rings (SSSR count). The van der Waals surface area contributed by atoms with Gasteiger partial charge in [0.1, 0.15) is 10.6 Å². The summed E-state index contributed by atoms with van der Waals surface area (Å²) in [4.78, 5) is 21.2. The van der Waals surface area contributed by atoms with Crippen LogP contribution in [0.15, 0.2) is 83.3 Å². The van der Waals surface area contributed by atoms with Crippen molar-refractivity contribution >= 4 is 32.4 Å². The molecule has 4 aromatic rings. The number of benzene rings is 2. The number of nitrogens with one attached hydrogen (secondary N) is 1. The molecule has 1 amide bonds. The molecule has 0 unspecified atom stereocenters. The molecule has 8 nitrogen and oxygen atoms in total. The lowest BCUT2D eigenvalue weighted by Crippen LogP contribution is -2.27. The van der Waals surface area contributed by atoms with E-state index in [1.165, 1.54) is 48.0 Å². The van der Waals surface area contributed by atoms with Gasteiger partial charge in [-0.05, 0) is 35.9 Å². The van der Waals surface area contributed by atoms with E-state index in [-0.39, 0.29) is 22.8 Å². The standard InChI is InChI=1S/C24H22N4O4S2/c1-28(15-17-6-4-3-5-7-17)34(30,31)22-14-19(8-9-21(22)32-2)23(29)27-24-26-20(16-33-24)18-10-12-25-13-11-18/h3-14,16H,15H2,1-2H3,(H,26,27,29). The normalized spacial score (nSPS) is 11.4. The van der Waals surface area contributed by atoms with Crippen molar-refractivity contribution in [3.63, 3.8) is 0 Å². The first-order valence-electron chi connectivity index (χ1n) is 10.2. The molecule has 0 spiro atoms. The third-order valence-electron chi connectivity index (χ3n) is 5.06. The Morgan fingerprint density at radius 3 is 2.53 bits per heavy atom. The summed E-state index contributed by atoms with van der Waals surface area (Å²) in [5.41, 5.74) is 2.61. The Bertz CT molecular complexity index is 1390. The van der Waals surface area contributed by atoms with E-state index in [1.54, 1.807) is 12.4 Å². The lowest BCUT2D eigenvalue weighted by atomic mass is 10.2. The molecule has 0 aliphatic heterocycles. The molecule has 2 aromatic heterocycles. The predicted molar refractivity (Wildman–Crippen MR) is 131 cm³/mol. The van der Waals surface area contributed by atoms with Gasteiger partial charge < -0.3 is 4.74 Å². The number of anilines is 1. The number of amides is 1. The summed E-state index contributed by atoms with van der Waals surface area (Å²) in [6.45, 7) is 0.180. The van der Waals surface area contributed by atoms with Gasteiger partial charge in [-0.3, -0.25) is 15.1 Å². The Labute approximate surface area is 201 Å². The van der Waals surface area contributed by atoms with E-state index in [0.29, 0.717) is 10.8 Å². The zero-order valence-electron chi connectivity index (χ0n) is 18.5. The summed E-state index contributed by atoms with van der Waals surface area (Å²) in [5.74, 6) is -0.314. The summed E-state index contributed by atoms with van der Waals surface area (Å²) >= 11 is 1.28. The highest BCUT2D eigenvalue weighted by atomic mass is 32.2. The van der Waals surface area contributed by atoms with Crippen LogP contribution in [0.4, 0.5) is 5.13 Å². The number of thiazole rings is 1. The van der Waals surface area contributed by atoms with Crippen molar-refractivity contribution in [2.45, 2.75) is 11.4 Å². The Morgan fingerprint density at radius 1 is 1.09 bits per heavy atom. The fourth-order valence-corrected chi connectivity index (χ4v) is 5.32. The van der Waals surface area contributed by atoms with Crippen LogP contribution in [-0.2, 0) is 16.6 Å². The van der Waals surface area contributed by atoms with Gasteiger partial charge in [0, 0.05) is 42.5 Å². The van der Waals surface area contributed by atoms with Crippen LogP contribution < -0.4 is 10.1 Å². The Balaban J connectivity index is 1.57. The smallest absolute Gasteiger partial charge is 0.257 e. The van der Waals surface area contributed by atoms with Crippen LogP contribution >= 0.6 is 11.3 Å². The van der Waals surface area contributed by atoms with Crippen LogP contribution in [0, 0.1) is 0 Å². The minimum Gasteiger partial charge on any atom is -0.495 e. The molecule has 0 aliphatic rings. The van der Waals surface area contributed by atoms with Crippen LogP contribution in [0.5, 0.6) is 5.75 Å². The van der Waals surface area contributed by atoms with Gasteiger partial charge in [-0.1, -0.05) is 30.3 Å².